The number of carbonyl (C=O) groups excluding carboxylic acids is 2. The van der Waals surface area contributed by atoms with Gasteiger partial charge in [0.15, 0.2) is 6.61 Å². The summed E-state index contributed by atoms with van der Waals surface area (Å²) in [6.45, 7) is 1.44. The molecular weight excluding hydrogens is 352 g/mol. The van der Waals surface area contributed by atoms with Crippen LogP contribution in [-0.4, -0.2) is 30.5 Å². The number of anilines is 1. The fourth-order valence-electron chi connectivity index (χ4n) is 2.44. The molecule has 8 nitrogen and oxygen atoms in total. The second-order valence-corrected chi connectivity index (χ2v) is 5.87. The Morgan fingerprint density at radius 2 is 1.89 bits per heavy atom. The molecule has 1 N–H and O–H groups in total. The van der Waals surface area contributed by atoms with Crippen LogP contribution < -0.4 is 10.1 Å². The molecule has 1 amide bonds. The molecule has 142 valence electrons. The van der Waals surface area contributed by atoms with Crippen LogP contribution in [0.3, 0.4) is 0 Å². The lowest BCUT2D eigenvalue weighted by atomic mass is 9.98. The van der Waals surface area contributed by atoms with Crippen molar-refractivity contribution in [3.8, 4) is 5.75 Å². The maximum atomic E-state index is 12.0. The fraction of sp³-hybridized carbons (Fsp3) is 0.263. The van der Waals surface area contributed by atoms with E-state index in [1.165, 1.54) is 25.3 Å². The zero-order chi connectivity index (χ0) is 19.8. The first kappa shape index (κ1) is 19.9. The number of amides is 1. The highest BCUT2D eigenvalue weighted by atomic mass is 16.6. The van der Waals surface area contributed by atoms with Gasteiger partial charge in [-0.05, 0) is 17.5 Å². The number of nitrogens with zero attached hydrogens (tertiary/aromatic N) is 1. The number of hydrogen-bond acceptors (Lipinski definition) is 6. The molecule has 27 heavy (non-hydrogen) atoms. The van der Waals surface area contributed by atoms with E-state index in [1.807, 2.05) is 37.3 Å². The van der Waals surface area contributed by atoms with Crippen LogP contribution in [0, 0.1) is 10.1 Å². The monoisotopic (exact) mass is 372 g/mol. The van der Waals surface area contributed by atoms with E-state index < -0.39 is 23.4 Å². The minimum Gasteiger partial charge on any atom is -0.494 e. The number of nitrogens with one attached hydrogen (secondary N) is 1. The molecule has 2 rings (SSSR count). The predicted octanol–water partition coefficient (Wildman–Crippen LogP) is 3.28. The van der Waals surface area contributed by atoms with Crippen LogP contribution in [0.2, 0.25) is 0 Å². The van der Waals surface area contributed by atoms with Gasteiger partial charge in [-0.15, -0.1) is 0 Å². The number of non-ortho nitro benzene ring substituents is 1. The lowest BCUT2D eigenvalue weighted by Gasteiger charge is -2.12. The van der Waals surface area contributed by atoms with Gasteiger partial charge < -0.3 is 14.8 Å². The molecule has 0 aliphatic carbocycles. The number of benzene rings is 2. The SMILES string of the molecule is COc1cc([N+](=O)[O-])ccc1NC(=O)COC(=O)C[C@H](C)c1ccccc1. The molecule has 0 aromatic heterocycles. The summed E-state index contributed by atoms with van der Waals surface area (Å²) in [5, 5.41) is 13.3. The van der Waals surface area contributed by atoms with E-state index in [1.54, 1.807) is 0 Å². The first-order valence-corrected chi connectivity index (χ1v) is 8.23. The van der Waals surface area contributed by atoms with Crippen molar-refractivity contribution in [1.29, 1.82) is 0 Å². The molecule has 8 heteroatoms. The van der Waals surface area contributed by atoms with E-state index in [2.05, 4.69) is 5.32 Å². The Labute approximate surface area is 156 Å². The van der Waals surface area contributed by atoms with Gasteiger partial charge in [0.1, 0.15) is 5.75 Å². The molecule has 2 aromatic carbocycles. The number of nitro groups is 1. The standard InChI is InChI=1S/C19H20N2O6/c1-13(14-6-4-3-5-7-14)10-19(23)27-12-18(22)20-16-9-8-15(21(24)25)11-17(16)26-2/h3-9,11,13H,10,12H2,1-2H3,(H,20,22)/t13-/m0/s1. The molecule has 0 saturated carbocycles. The number of rotatable bonds is 8. The Hall–Kier alpha value is -3.42. The predicted molar refractivity (Wildman–Crippen MR) is 98.7 cm³/mol. The van der Waals surface area contributed by atoms with Crippen molar-refractivity contribution in [2.24, 2.45) is 0 Å². The van der Waals surface area contributed by atoms with Crippen molar-refractivity contribution in [2.75, 3.05) is 19.0 Å². The van der Waals surface area contributed by atoms with E-state index in [9.17, 15) is 19.7 Å². The summed E-state index contributed by atoms with van der Waals surface area (Å²) in [5.74, 6) is -0.946. The number of carbonyl (C=O) groups is 2. The number of esters is 1. The number of hydrogen-bond donors (Lipinski definition) is 1. The molecule has 0 heterocycles. The number of methoxy groups -OCH3 is 1. The minimum atomic E-state index is -0.567. The number of nitro benzene ring substituents is 1. The van der Waals surface area contributed by atoms with Gasteiger partial charge in [-0.3, -0.25) is 19.7 Å². The van der Waals surface area contributed by atoms with Crippen LogP contribution in [-0.2, 0) is 14.3 Å². The molecule has 1 atom stereocenters. The van der Waals surface area contributed by atoms with Gasteiger partial charge in [-0.1, -0.05) is 37.3 Å². The molecule has 0 spiro atoms. The third-order valence-electron chi connectivity index (χ3n) is 3.88. The normalized spacial score (nSPS) is 11.3. The van der Waals surface area contributed by atoms with Crippen LogP contribution in [0.4, 0.5) is 11.4 Å². The summed E-state index contributed by atoms with van der Waals surface area (Å²) < 4.78 is 10.0. The Kier molecular flexibility index (Phi) is 6.87. The first-order chi connectivity index (χ1) is 12.9. The number of ether oxygens (including phenoxy) is 2. The smallest absolute Gasteiger partial charge is 0.306 e. The Bertz CT molecular complexity index is 822. The first-order valence-electron chi connectivity index (χ1n) is 8.23. The van der Waals surface area contributed by atoms with Gasteiger partial charge >= 0.3 is 5.97 Å². The second kappa shape index (κ2) is 9.33. The molecular formula is C19H20N2O6. The van der Waals surface area contributed by atoms with Crippen LogP contribution in [0.1, 0.15) is 24.8 Å². The quantitative estimate of drug-likeness (QED) is 0.433. The lowest BCUT2D eigenvalue weighted by molar-refractivity contribution is -0.384. The van der Waals surface area contributed by atoms with Crippen molar-refractivity contribution in [3.63, 3.8) is 0 Å². The summed E-state index contributed by atoms with van der Waals surface area (Å²) >= 11 is 0. The Balaban J connectivity index is 1.87. The molecule has 0 aliphatic heterocycles. The van der Waals surface area contributed by atoms with E-state index in [0.29, 0.717) is 0 Å². The molecule has 0 bridgehead atoms. The molecule has 2 aromatic rings. The summed E-state index contributed by atoms with van der Waals surface area (Å²) in [6, 6.07) is 13.3. The van der Waals surface area contributed by atoms with Crippen LogP contribution in [0.5, 0.6) is 5.75 Å². The van der Waals surface area contributed by atoms with Crippen molar-refractivity contribution < 1.29 is 24.0 Å². The summed E-state index contributed by atoms with van der Waals surface area (Å²) in [6.07, 6.45) is 0.151. The summed E-state index contributed by atoms with van der Waals surface area (Å²) in [4.78, 5) is 34.1. The topological polar surface area (TPSA) is 108 Å². The zero-order valence-corrected chi connectivity index (χ0v) is 15.0. The summed E-state index contributed by atoms with van der Waals surface area (Å²) in [5.41, 5.74) is 1.10. The minimum absolute atomic E-state index is 0.0310. The van der Waals surface area contributed by atoms with E-state index in [4.69, 9.17) is 9.47 Å². The van der Waals surface area contributed by atoms with Crippen LogP contribution in [0.15, 0.2) is 48.5 Å². The third kappa shape index (κ3) is 5.81. The Morgan fingerprint density at radius 1 is 1.19 bits per heavy atom. The van der Waals surface area contributed by atoms with Crippen molar-refractivity contribution in [2.45, 2.75) is 19.3 Å². The van der Waals surface area contributed by atoms with Gasteiger partial charge in [0.05, 0.1) is 30.2 Å². The van der Waals surface area contributed by atoms with Crippen LogP contribution >= 0.6 is 0 Å². The lowest BCUT2D eigenvalue weighted by Crippen LogP contribution is -2.21. The third-order valence-corrected chi connectivity index (χ3v) is 3.88. The largest absolute Gasteiger partial charge is 0.494 e. The summed E-state index contributed by atoms with van der Waals surface area (Å²) in [7, 11) is 1.33. The highest BCUT2D eigenvalue weighted by Gasteiger charge is 2.16. The van der Waals surface area contributed by atoms with Crippen LogP contribution in [0.25, 0.3) is 0 Å². The van der Waals surface area contributed by atoms with E-state index >= 15 is 0 Å². The van der Waals surface area contributed by atoms with E-state index in [-0.39, 0.29) is 29.5 Å². The average Bonchev–Trinajstić information content (AvgIpc) is 2.67. The highest BCUT2D eigenvalue weighted by Crippen LogP contribution is 2.28. The van der Waals surface area contributed by atoms with Gasteiger partial charge in [0.2, 0.25) is 0 Å². The molecule has 0 fully saturated rings. The maximum absolute atomic E-state index is 12.0. The zero-order valence-electron chi connectivity index (χ0n) is 15.0. The maximum Gasteiger partial charge on any atom is 0.306 e. The highest BCUT2D eigenvalue weighted by molar-refractivity contribution is 5.94. The van der Waals surface area contributed by atoms with Gasteiger partial charge in [-0.25, -0.2) is 0 Å². The van der Waals surface area contributed by atoms with Crippen molar-refractivity contribution >= 4 is 23.3 Å². The molecule has 0 unspecified atom stereocenters. The molecule has 0 aliphatic rings. The molecule has 0 radical (unpaired) electrons. The van der Waals surface area contributed by atoms with Gasteiger partial charge in [-0.2, -0.15) is 0 Å². The molecule has 0 saturated heterocycles. The van der Waals surface area contributed by atoms with Gasteiger partial charge in [0.25, 0.3) is 11.6 Å². The van der Waals surface area contributed by atoms with Gasteiger partial charge in [0, 0.05) is 6.07 Å². The van der Waals surface area contributed by atoms with Crippen molar-refractivity contribution in [3.05, 3.63) is 64.2 Å². The second-order valence-electron chi connectivity index (χ2n) is 5.87. The van der Waals surface area contributed by atoms with E-state index in [0.717, 1.165) is 5.56 Å². The Morgan fingerprint density at radius 3 is 2.52 bits per heavy atom. The fourth-order valence-corrected chi connectivity index (χ4v) is 2.44. The average molecular weight is 372 g/mol. The van der Waals surface area contributed by atoms with Crippen molar-refractivity contribution in [1.82, 2.24) is 0 Å².